The van der Waals surface area contributed by atoms with E-state index in [0.29, 0.717) is 6.04 Å². The van der Waals surface area contributed by atoms with Crippen molar-refractivity contribution in [1.82, 2.24) is 10.2 Å². The van der Waals surface area contributed by atoms with E-state index in [4.69, 9.17) is 0 Å². The highest BCUT2D eigenvalue weighted by atomic mass is 32.1. The fourth-order valence-electron chi connectivity index (χ4n) is 1.03. The van der Waals surface area contributed by atoms with Crippen molar-refractivity contribution >= 4 is 16.5 Å². The van der Waals surface area contributed by atoms with E-state index < -0.39 is 0 Å². The third-order valence-corrected chi connectivity index (χ3v) is 2.34. The fourth-order valence-corrected chi connectivity index (χ4v) is 1.59. The van der Waals surface area contributed by atoms with Crippen molar-refractivity contribution in [3.8, 4) is 0 Å². The minimum absolute atomic E-state index is 0.512. The number of unbranched alkanes of at least 4 members (excludes halogenated alkanes) is 1. The molecule has 1 heterocycles. The average molecular weight is 185 g/mol. The quantitative estimate of drug-likeness (QED) is 0.766. The molecule has 0 amide bonds. The van der Waals surface area contributed by atoms with E-state index in [1.165, 1.54) is 19.3 Å². The molecule has 0 aliphatic carbocycles. The number of aromatic nitrogens is 2. The predicted octanol–water partition coefficient (Wildman–Crippen LogP) is 2.53. The lowest BCUT2D eigenvalue weighted by atomic mass is 10.1. The number of hydrogen-bond acceptors (Lipinski definition) is 4. The SMILES string of the molecule is CCCCC(C)Nc1nncs1. The second kappa shape index (κ2) is 5.09. The van der Waals surface area contributed by atoms with Gasteiger partial charge in [-0.3, -0.25) is 0 Å². The van der Waals surface area contributed by atoms with Gasteiger partial charge in [0.1, 0.15) is 5.51 Å². The molecule has 0 aromatic carbocycles. The van der Waals surface area contributed by atoms with Crippen LogP contribution in [0.15, 0.2) is 5.51 Å². The monoisotopic (exact) mass is 185 g/mol. The summed E-state index contributed by atoms with van der Waals surface area (Å²) in [6, 6.07) is 0.512. The number of hydrogen-bond donors (Lipinski definition) is 1. The Hall–Kier alpha value is -0.640. The van der Waals surface area contributed by atoms with E-state index in [-0.39, 0.29) is 0 Å². The van der Waals surface area contributed by atoms with Crippen molar-refractivity contribution in [1.29, 1.82) is 0 Å². The van der Waals surface area contributed by atoms with Gasteiger partial charge in [-0.05, 0) is 13.3 Å². The first-order chi connectivity index (χ1) is 5.83. The maximum absolute atomic E-state index is 3.92. The van der Waals surface area contributed by atoms with E-state index in [0.717, 1.165) is 5.13 Å². The van der Waals surface area contributed by atoms with E-state index >= 15 is 0 Å². The Morgan fingerprint density at radius 2 is 2.50 bits per heavy atom. The Bertz CT molecular complexity index is 198. The molecular weight excluding hydrogens is 170 g/mol. The number of anilines is 1. The van der Waals surface area contributed by atoms with Gasteiger partial charge in [0, 0.05) is 6.04 Å². The zero-order chi connectivity index (χ0) is 8.81. The summed E-state index contributed by atoms with van der Waals surface area (Å²) in [7, 11) is 0. The van der Waals surface area contributed by atoms with Crippen molar-refractivity contribution in [2.75, 3.05) is 5.32 Å². The van der Waals surface area contributed by atoms with Gasteiger partial charge in [-0.15, -0.1) is 10.2 Å². The Kier molecular flexibility index (Phi) is 4.00. The smallest absolute Gasteiger partial charge is 0.205 e. The van der Waals surface area contributed by atoms with Crippen LogP contribution in [0, 0.1) is 0 Å². The minimum atomic E-state index is 0.512. The molecule has 0 saturated carbocycles. The number of nitrogens with zero attached hydrogens (tertiary/aromatic N) is 2. The molecule has 0 radical (unpaired) electrons. The zero-order valence-electron chi connectivity index (χ0n) is 7.58. The molecule has 1 atom stereocenters. The summed E-state index contributed by atoms with van der Waals surface area (Å²) < 4.78 is 0. The highest BCUT2D eigenvalue weighted by Gasteiger charge is 2.02. The van der Waals surface area contributed by atoms with Crippen LogP contribution in [0.3, 0.4) is 0 Å². The topological polar surface area (TPSA) is 37.8 Å². The first kappa shape index (κ1) is 9.45. The highest BCUT2D eigenvalue weighted by molar-refractivity contribution is 7.13. The average Bonchev–Trinajstić information content (AvgIpc) is 2.53. The fraction of sp³-hybridized carbons (Fsp3) is 0.750. The lowest BCUT2D eigenvalue weighted by Gasteiger charge is -2.10. The molecule has 0 aliphatic rings. The van der Waals surface area contributed by atoms with Gasteiger partial charge >= 0.3 is 0 Å². The molecule has 0 aliphatic heterocycles. The molecule has 1 N–H and O–H groups in total. The molecule has 3 nitrogen and oxygen atoms in total. The summed E-state index contributed by atoms with van der Waals surface area (Å²) >= 11 is 1.55. The van der Waals surface area contributed by atoms with Crippen LogP contribution >= 0.6 is 11.3 Å². The van der Waals surface area contributed by atoms with E-state index in [1.807, 2.05) is 0 Å². The number of nitrogens with one attached hydrogen (secondary N) is 1. The van der Waals surface area contributed by atoms with Gasteiger partial charge in [0.05, 0.1) is 0 Å². The molecule has 0 fully saturated rings. The van der Waals surface area contributed by atoms with Crippen molar-refractivity contribution < 1.29 is 0 Å². The van der Waals surface area contributed by atoms with Crippen molar-refractivity contribution in [2.45, 2.75) is 39.2 Å². The van der Waals surface area contributed by atoms with Gasteiger partial charge in [0.2, 0.25) is 5.13 Å². The van der Waals surface area contributed by atoms with Crippen LogP contribution in [-0.2, 0) is 0 Å². The van der Waals surface area contributed by atoms with Gasteiger partial charge in [0.25, 0.3) is 0 Å². The van der Waals surface area contributed by atoms with Crippen LogP contribution in [0.1, 0.15) is 33.1 Å². The van der Waals surface area contributed by atoms with E-state index in [1.54, 1.807) is 16.8 Å². The standard InChI is InChI=1S/C8H15N3S/c1-3-4-5-7(2)10-8-11-9-6-12-8/h6-7H,3-5H2,1-2H3,(H,10,11). The molecule has 1 aromatic rings. The third kappa shape index (κ3) is 3.17. The highest BCUT2D eigenvalue weighted by Crippen LogP contribution is 2.12. The molecule has 0 saturated heterocycles. The van der Waals surface area contributed by atoms with Crippen LogP contribution in [0.2, 0.25) is 0 Å². The minimum Gasteiger partial charge on any atom is -0.358 e. The normalized spacial score (nSPS) is 12.8. The van der Waals surface area contributed by atoms with Crippen LogP contribution in [0.25, 0.3) is 0 Å². The lowest BCUT2D eigenvalue weighted by molar-refractivity contribution is 0.644. The van der Waals surface area contributed by atoms with Crippen LogP contribution < -0.4 is 5.32 Å². The number of rotatable bonds is 5. The molecule has 0 bridgehead atoms. The lowest BCUT2D eigenvalue weighted by Crippen LogP contribution is -2.14. The van der Waals surface area contributed by atoms with Crippen molar-refractivity contribution in [3.63, 3.8) is 0 Å². The van der Waals surface area contributed by atoms with Gasteiger partial charge in [0.15, 0.2) is 0 Å². The summed E-state index contributed by atoms with van der Waals surface area (Å²) in [6.45, 7) is 4.38. The molecular formula is C8H15N3S. The summed E-state index contributed by atoms with van der Waals surface area (Å²) in [5, 5.41) is 11.9. The Morgan fingerprint density at radius 1 is 1.67 bits per heavy atom. The first-order valence-electron chi connectivity index (χ1n) is 4.35. The molecule has 0 spiro atoms. The molecule has 1 aromatic heterocycles. The third-order valence-electron chi connectivity index (χ3n) is 1.72. The van der Waals surface area contributed by atoms with Gasteiger partial charge in [-0.2, -0.15) is 0 Å². The van der Waals surface area contributed by atoms with Crippen LogP contribution in [0.4, 0.5) is 5.13 Å². The zero-order valence-corrected chi connectivity index (χ0v) is 8.40. The second-order valence-electron chi connectivity index (χ2n) is 2.93. The molecule has 68 valence electrons. The Morgan fingerprint density at radius 3 is 3.08 bits per heavy atom. The van der Waals surface area contributed by atoms with E-state index in [2.05, 4.69) is 29.4 Å². The van der Waals surface area contributed by atoms with Gasteiger partial charge < -0.3 is 5.32 Å². The summed E-state index contributed by atoms with van der Waals surface area (Å²) in [6.07, 6.45) is 3.73. The van der Waals surface area contributed by atoms with Crippen LogP contribution in [-0.4, -0.2) is 16.2 Å². The van der Waals surface area contributed by atoms with Crippen molar-refractivity contribution in [3.05, 3.63) is 5.51 Å². The molecule has 1 rings (SSSR count). The summed E-state index contributed by atoms with van der Waals surface area (Å²) in [4.78, 5) is 0. The summed E-state index contributed by atoms with van der Waals surface area (Å²) in [5.74, 6) is 0. The Balaban J connectivity index is 2.22. The second-order valence-corrected chi connectivity index (χ2v) is 3.76. The largest absolute Gasteiger partial charge is 0.358 e. The van der Waals surface area contributed by atoms with E-state index in [9.17, 15) is 0 Å². The van der Waals surface area contributed by atoms with Gasteiger partial charge in [-0.1, -0.05) is 31.1 Å². The maximum atomic E-state index is 3.92. The maximum Gasteiger partial charge on any atom is 0.205 e. The summed E-state index contributed by atoms with van der Waals surface area (Å²) in [5.41, 5.74) is 1.74. The van der Waals surface area contributed by atoms with Gasteiger partial charge in [-0.25, -0.2) is 0 Å². The van der Waals surface area contributed by atoms with Crippen molar-refractivity contribution in [2.24, 2.45) is 0 Å². The first-order valence-corrected chi connectivity index (χ1v) is 5.23. The Labute approximate surface area is 77.2 Å². The van der Waals surface area contributed by atoms with Crippen LogP contribution in [0.5, 0.6) is 0 Å². The molecule has 12 heavy (non-hydrogen) atoms. The predicted molar refractivity (Wildman–Crippen MR) is 52.5 cm³/mol. The molecule has 4 heteroatoms. The molecule has 1 unspecified atom stereocenters.